The normalized spacial score (nSPS) is 14.4. The fraction of sp³-hybridized carbons (Fsp3) is 0.263. The minimum absolute atomic E-state index is 0.0780. The van der Waals surface area contributed by atoms with Gasteiger partial charge in [-0.2, -0.15) is 5.10 Å². The summed E-state index contributed by atoms with van der Waals surface area (Å²) in [7, 11) is 0. The van der Waals surface area contributed by atoms with Gasteiger partial charge in [-0.15, -0.1) is 0 Å². The van der Waals surface area contributed by atoms with Crippen LogP contribution in [0.1, 0.15) is 16.2 Å². The largest absolute Gasteiger partial charge is 0.353 e. The standard InChI is InChI=1S/C19H19FN6O/c1-14-22-17(13-18(23-14)26-8-2-7-21-26)24-9-11-25(12-10-24)19(27)15-3-5-16(20)6-4-15/h2-8,13H,9-12H2,1H3. The molecule has 1 aliphatic heterocycles. The van der Waals surface area contributed by atoms with Crippen molar-refractivity contribution in [1.82, 2.24) is 24.6 Å². The number of hydrogen-bond acceptors (Lipinski definition) is 5. The quantitative estimate of drug-likeness (QED) is 0.710. The molecule has 0 spiro atoms. The average molecular weight is 366 g/mol. The zero-order valence-electron chi connectivity index (χ0n) is 14.9. The van der Waals surface area contributed by atoms with E-state index in [1.807, 2.05) is 25.3 Å². The molecule has 138 valence electrons. The van der Waals surface area contributed by atoms with Gasteiger partial charge in [0.05, 0.1) is 0 Å². The number of benzene rings is 1. The van der Waals surface area contributed by atoms with Gasteiger partial charge in [0.15, 0.2) is 5.82 Å². The molecular formula is C19H19FN6O. The SMILES string of the molecule is Cc1nc(N2CCN(C(=O)c3ccc(F)cc3)CC2)cc(-n2cccn2)n1. The summed E-state index contributed by atoms with van der Waals surface area (Å²) < 4.78 is 14.7. The Morgan fingerprint density at radius 1 is 1.04 bits per heavy atom. The molecule has 0 radical (unpaired) electrons. The van der Waals surface area contributed by atoms with Gasteiger partial charge in [-0.1, -0.05) is 0 Å². The summed E-state index contributed by atoms with van der Waals surface area (Å²) in [5, 5.41) is 4.22. The van der Waals surface area contributed by atoms with Gasteiger partial charge in [-0.25, -0.2) is 19.0 Å². The van der Waals surface area contributed by atoms with E-state index in [-0.39, 0.29) is 11.7 Å². The molecular weight excluding hydrogens is 347 g/mol. The summed E-state index contributed by atoms with van der Waals surface area (Å²) in [6, 6.07) is 9.41. The third kappa shape index (κ3) is 3.64. The van der Waals surface area contributed by atoms with Crippen LogP contribution < -0.4 is 4.90 Å². The lowest BCUT2D eigenvalue weighted by atomic mass is 10.2. The first-order chi connectivity index (χ1) is 13.1. The maximum atomic E-state index is 13.0. The molecule has 0 atom stereocenters. The molecule has 2 aromatic heterocycles. The number of amides is 1. The van der Waals surface area contributed by atoms with Crippen LogP contribution in [0.15, 0.2) is 48.8 Å². The van der Waals surface area contributed by atoms with Crippen molar-refractivity contribution in [3.8, 4) is 5.82 Å². The number of carbonyl (C=O) groups is 1. The molecule has 27 heavy (non-hydrogen) atoms. The predicted molar refractivity (Wildman–Crippen MR) is 98.4 cm³/mol. The van der Waals surface area contributed by atoms with E-state index < -0.39 is 0 Å². The van der Waals surface area contributed by atoms with E-state index in [9.17, 15) is 9.18 Å². The van der Waals surface area contributed by atoms with Crippen molar-refractivity contribution in [2.24, 2.45) is 0 Å². The van der Waals surface area contributed by atoms with Crippen molar-refractivity contribution < 1.29 is 9.18 Å². The maximum absolute atomic E-state index is 13.0. The molecule has 1 amide bonds. The monoisotopic (exact) mass is 366 g/mol. The molecule has 0 aliphatic carbocycles. The summed E-state index contributed by atoms with van der Waals surface area (Å²) in [5.74, 6) is 1.78. The van der Waals surface area contributed by atoms with Crippen LogP contribution in [0.4, 0.5) is 10.2 Å². The summed E-state index contributed by atoms with van der Waals surface area (Å²) in [6.07, 6.45) is 3.54. The second-order valence-electron chi connectivity index (χ2n) is 6.37. The highest BCUT2D eigenvalue weighted by Crippen LogP contribution is 2.18. The number of piperazine rings is 1. The highest BCUT2D eigenvalue weighted by molar-refractivity contribution is 5.94. The molecule has 0 bridgehead atoms. The number of hydrogen-bond donors (Lipinski definition) is 0. The minimum atomic E-state index is -0.344. The van der Waals surface area contributed by atoms with Gasteiger partial charge in [0.2, 0.25) is 0 Å². The first-order valence-electron chi connectivity index (χ1n) is 8.76. The fourth-order valence-corrected chi connectivity index (χ4v) is 3.13. The van der Waals surface area contributed by atoms with Crippen molar-refractivity contribution in [3.05, 3.63) is 66.0 Å². The van der Waals surface area contributed by atoms with E-state index >= 15 is 0 Å². The van der Waals surface area contributed by atoms with Gasteiger partial charge in [-0.05, 0) is 37.3 Å². The lowest BCUT2D eigenvalue weighted by Crippen LogP contribution is -2.49. The Morgan fingerprint density at radius 2 is 1.74 bits per heavy atom. The van der Waals surface area contributed by atoms with Gasteiger partial charge in [0.25, 0.3) is 5.91 Å². The zero-order valence-corrected chi connectivity index (χ0v) is 14.9. The molecule has 3 aromatic rings. The van der Waals surface area contributed by atoms with Crippen LogP contribution in [0.2, 0.25) is 0 Å². The van der Waals surface area contributed by atoms with E-state index in [1.54, 1.807) is 15.8 Å². The van der Waals surface area contributed by atoms with Gasteiger partial charge in [-0.3, -0.25) is 4.79 Å². The number of aryl methyl sites for hydroxylation is 1. The minimum Gasteiger partial charge on any atom is -0.353 e. The first-order valence-corrected chi connectivity index (χ1v) is 8.76. The van der Waals surface area contributed by atoms with Crippen LogP contribution in [-0.4, -0.2) is 56.7 Å². The Bertz CT molecular complexity index is 933. The number of anilines is 1. The fourth-order valence-electron chi connectivity index (χ4n) is 3.13. The van der Waals surface area contributed by atoms with Crippen LogP contribution >= 0.6 is 0 Å². The summed E-state index contributed by atoms with van der Waals surface area (Å²) in [6.45, 7) is 4.35. The number of rotatable bonds is 3. The molecule has 0 saturated carbocycles. The summed E-state index contributed by atoms with van der Waals surface area (Å²) in [4.78, 5) is 25.4. The van der Waals surface area contributed by atoms with E-state index in [1.165, 1.54) is 24.3 Å². The van der Waals surface area contributed by atoms with E-state index in [0.717, 1.165) is 5.82 Å². The van der Waals surface area contributed by atoms with Gasteiger partial charge < -0.3 is 9.80 Å². The summed E-state index contributed by atoms with van der Waals surface area (Å²) >= 11 is 0. The number of carbonyl (C=O) groups excluding carboxylic acids is 1. The molecule has 8 heteroatoms. The summed E-state index contributed by atoms with van der Waals surface area (Å²) in [5.41, 5.74) is 0.503. The molecule has 7 nitrogen and oxygen atoms in total. The topological polar surface area (TPSA) is 67.2 Å². The number of halogens is 1. The number of nitrogens with zero attached hydrogens (tertiary/aromatic N) is 6. The van der Waals surface area contributed by atoms with Gasteiger partial charge in [0, 0.05) is 50.2 Å². The van der Waals surface area contributed by atoms with Crippen molar-refractivity contribution in [2.45, 2.75) is 6.92 Å². The third-order valence-electron chi connectivity index (χ3n) is 4.53. The molecule has 1 aliphatic rings. The highest BCUT2D eigenvalue weighted by Gasteiger charge is 2.23. The van der Waals surface area contributed by atoms with Crippen molar-refractivity contribution in [2.75, 3.05) is 31.1 Å². The van der Waals surface area contributed by atoms with Crippen molar-refractivity contribution in [1.29, 1.82) is 0 Å². The molecule has 0 N–H and O–H groups in total. The molecule has 1 fully saturated rings. The Morgan fingerprint density at radius 3 is 2.41 bits per heavy atom. The Balaban J connectivity index is 1.46. The third-order valence-corrected chi connectivity index (χ3v) is 4.53. The Kier molecular flexibility index (Phi) is 4.53. The van der Waals surface area contributed by atoms with Crippen molar-refractivity contribution >= 4 is 11.7 Å². The zero-order chi connectivity index (χ0) is 18.8. The second kappa shape index (κ2) is 7.14. The van der Waals surface area contributed by atoms with Crippen LogP contribution in [0.25, 0.3) is 5.82 Å². The molecule has 3 heterocycles. The predicted octanol–water partition coefficient (Wildman–Crippen LogP) is 2.07. The second-order valence-corrected chi connectivity index (χ2v) is 6.37. The molecule has 1 aromatic carbocycles. The van der Waals surface area contributed by atoms with Crippen molar-refractivity contribution in [3.63, 3.8) is 0 Å². The van der Waals surface area contributed by atoms with Gasteiger partial charge in [0.1, 0.15) is 17.5 Å². The smallest absolute Gasteiger partial charge is 0.253 e. The Labute approximate surface area is 156 Å². The van der Waals surface area contributed by atoms with E-state index in [4.69, 9.17) is 0 Å². The van der Waals surface area contributed by atoms with Crippen LogP contribution in [0.5, 0.6) is 0 Å². The first kappa shape index (κ1) is 17.1. The molecule has 0 unspecified atom stereocenters. The molecule has 4 rings (SSSR count). The van der Waals surface area contributed by atoms with E-state index in [0.29, 0.717) is 43.4 Å². The Hall–Kier alpha value is -3.29. The number of aromatic nitrogens is 4. The van der Waals surface area contributed by atoms with Crippen LogP contribution in [0.3, 0.4) is 0 Å². The lowest BCUT2D eigenvalue weighted by Gasteiger charge is -2.35. The average Bonchev–Trinajstić information content (AvgIpc) is 3.23. The van der Waals surface area contributed by atoms with Crippen LogP contribution in [0, 0.1) is 12.7 Å². The van der Waals surface area contributed by atoms with E-state index in [2.05, 4.69) is 20.0 Å². The lowest BCUT2D eigenvalue weighted by molar-refractivity contribution is 0.0746. The van der Waals surface area contributed by atoms with Gasteiger partial charge >= 0.3 is 0 Å². The molecule has 1 saturated heterocycles. The maximum Gasteiger partial charge on any atom is 0.253 e. The van der Waals surface area contributed by atoms with Crippen LogP contribution in [-0.2, 0) is 0 Å². The highest BCUT2D eigenvalue weighted by atomic mass is 19.1.